The number of ether oxygens (including phenoxy) is 1. The van der Waals surface area contributed by atoms with Crippen molar-refractivity contribution in [3.05, 3.63) is 0 Å². The normalized spacial score (nSPS) is 33.4. The Bertz CT molecular complexity index is 411. The lowest BCUT2D eigenvalue weighted by molar-refractivity contribution is -0.179. The highest BCUT2D eigenvalue weighted by atomic mass is 35.5. The maximum atomic E-state index is 13.0. The van der Waals surface area contributed by atoms with Gasteiger partial charge in [-0.2, -0.15) is 0 Å². The molecule has 0 aromatic carbocycles. The molecule has 0 spiro atoms. The van der Waals surface area contributed by atoms with Gasteiger partial charge in [-0.25, -0.2) is 0 Å². The molecule has 1 heterocycles. The summed E-state index contributed by atoms with van der Waals surface area (Å²) in [5.74, 6) is 0.126. The van der Waals surface area contributed by atoms with E-state index in [1.54, 1.807) is 0 Å². The second-order valence-electron chi connectivity index (χ2n) is 8.15. The SMILES string of the molecule is CCOC1CC(N)(C(=O)N2CCCC(C)(C)CC2)C1(C)C.Cl. The average Bonchev–Trinajstić information content (AvgIpc) is 2.58. The van der Waals surface area contributed by atoms with Crippen LogP contribution in [0.4, 0.5) is 0 Å². The Hall–Kier alpha value is -0.320. The highest BCUT2D eigenvalue weighted by Crippen LogP contribution is 2.50. The minimum atomic E-state index is -0.763. The maximum Gasteiger partial charge on any atom is 0.243 e. The standard InChI is InChI=1S/C17H32N2O2.ClH/c1-6-21-13-12-17(18,16(13,4)5)14(20)19-10-7-8-15(2,3)9-11-19;/h13H,6-12,18H2,1-5H3;1H. The Morgan fingerprint density at radius 2 is 1.86 bits per heavy atom. The topological polar surface area (TPSA) is 55.6 Å². The summed E-state index contributed by atoms with van der Waals surface area (Å²) in [7, 11) is 0. The van der Waals surface area contributed by atoms with Crippen LogP contribution in [0.2, 0.25) is 0 Å². The van der Waals surface area contributed by atoms with Gasteiger partial charge >= 0.3 is 0 Å². The van der Waals surface area contributed by atoms with Crippen LogP contribution in [0.1, 0.15) is 60.3 Å². The summed E-state index contributed by atoms with van der Waals surface area (Å²) in [4.78, 5) is 15.0. The average molecular weight is 333 g/mol. The van der Waals surface area contributed by atoms with Gasteiger partial charge in [-0.3, -0.25) is 4.79 Å². The summed E-state index contributed by atoms with van der Waals surface area (Å²) in [6, 6.07) is 0. The molecule has 1 aliphatic heterocycles. The molecule has 2 aliphatic rings. The van der Waals surface area contributed by atoms with Crippen molar-refractivity contribution in [2.24, 2.45) is 16.6 Å². The summed E-state index contributed by atoms with van der Waals surface area (Å²) in [6.45, 7) is 13.1. The van der Waals surface area contributed by atoms with E-state index in [1.165, 1.54) is 6.42 Å². The quantitative estimate of drug-likeness (QED) is 0.864. The number of nitrogens with zero attached hydrogens (tertiary/aromatic N) is 1. The number of rotatable bonds is 3. The van der Waals surface area contributed by atoms with Crippen LogP contribution in [0.3, 0.4) is 0 Å². The second kappa shape index (κ2) is 6.66. The monoisotopic (exact) mass is 332 g/mol. The van der Waals surface area contributed by atoms with E-state index < -0.39 is 5.54 Å². The zero-order valence-corrected chi connectivity index (χ0v) is 15.6. The number of nitrogens with two attached hydrogens (primary N) is 1. The van der Waals surface area contributed by atoms with Crippen LogP contribution < -0.4 is 5.73 Å². The summed E-state index contributed by atoms with van der Waals surface area (Å²) < 4.78 is 5.73. The van der Waals surface area contributed by atoms with Crippen LogP contribution in [-0.4, -0.2) is 42.1 Å². The second-order valence-corrected chi connectivity index (χ2v) is 8.15. The fraction of sp³-hybridized carbons (Fsp3) is 0.941. The van der Waals surface area contributed by atoms with E-state index in [0.29, 0.717) is 18.4 Å². The molecule has 1 saturated carbocycles. The third-order valence-electron chi connectivity index (χ3n) is 5.84. The van der Waals surface area contributed by atoms with Crippen LogP contribution in [-0.2, 0) is 9.53 Å². The van der Waals surface area contributed by atoms with Gasteiger partial charge in [0.15, 0.2) is 0 Å². The molecular formula is C17H33ClN2O2. The van der Waals surface area contributed by atoms with Crippen molar-refractivity contribution in [3.8, 4) is 0 Å². The van der Waals surface area contributed by atoms with Gasteiger partial charge in [0.2, 0.25) is 5.91 Å². The Morgan fingerprint density at radius 1 is 1.23 bits per heavy atom. The van der Waals surface area contributed by atoms with Gasteiger partial charge in [0.1, 0.15) is 5.54 Å². The number of amides is 1. The molecule has 2 rings (SSSR count). The van der Waals surface area contributed by atoms with Gasteiger partial charge in [-0.15, -0.1) is 12.4 Å². The molecule has 1 amide bonds. The van der Waals surface area contributed by atoms with Crippen molar-refractivity contribution in [1.29, 1.82) is 0 Å². The Kier molecular flexibility index (Phi) is 5.97. The first-order chi connectivity index (χ1) is 9.64. The molecule has 0 aromatic heterocycles. The van der Waals surface area contributed by atoms with E-state index in [2.05, 4.69) is 27.7 Å². The van der Waals surface area contributed by atoms with E-state index >= 15 is 0 Å². The summed E-state index contributed by atoms with van der Waals surface area (Å²) in [6.07, 6.45) is 4.06. The first kappa shape index (κ1) is 19.7. The van der Waals surface area contributed by atoms with Crippen molar-refractivity contribution in [3.63, 3.8) is 0 Å². The molecule has 1 saturated heterocycles. The minimum absolute atomic E-state index is 0. The molecule has 0 radical (unpaired) electrons. The third kappa shape index (κ3) is 3.29. The first-order valence-corrected chi connectivity index (χ1v) is 8.34. The summed E-state index contributed by atoms with van der Waals surface area (Å²) in [5, 5.41) is 0. The van der Waals surface area contributed by atoms with Gasteiger partial charge in [0.25, 0.3) is 0 Å². The molecule has 22 heavy (non-hydrogen) atoms. The van der Waals surface area contributed by atoms with Gasteiger partial charge in [-0.1, -0.05) is 27.7 Å². The molecule has 1 aliphatic carbocycles. The molecule has 2 atom stereocenters. The van der Waals surface area contributed by atoms with E-state index in [4.69, 9.17) is 10.5 Å². The van der Waals surface area contributed by atoms with Crippen molar-refractivity contribution in [2.75, 3.05) is 19.7 Å². The van der Waals surface area contributed by atoms with Crippen LogP contribution in [0, 0.1) is 10.8 Å². The van der Waals surface area contributed by atoms with E-state index in [9.17, 15) is 4.79 Å². The predicted molar refractivity (Wildman–Crippen MR) is 92.2 cm³/mol. The maximum absolute atomic E-state index is 13.0. The molecular weight excluding hydrogens is 300 g/mol. The summed E-state index contributed by atoms with van der Waals surface area (Å²) >= 11 is 0. The molecule has 5 heteroatoms. The highest BCUT2D eigenvalue weighted by molar-refractivity contribution is 5.89. The Balaban J connectivity index is 0.00000242. The number of halogens is 1. The van der Waals surface area contributed by atoms with Crippen LogP contribution in [0.5, 0.6) is 0 Å². The zero-order chi connectivity index (χ0) is 15.9. The molecule has 2 fully saturated rings. The van der Waals surface area contributed by atoms with Crippen molar-refractivity contribution in [1.82, 2.24) is 4.90 Å². The molecule has 2 unspecified atom stereocenters. The number of hydrogen-bond donors (Lipinski definition) is 1. The first-order valence-electron chi connectivity index (χ1n) is 8.34. The van der Waals surface area contributed by atoms with Crippen LogP contribution in [0.25, 0.3) is 0 Å². The van der Waals surface area contributed by atoms with Gasteiger partial charge < -0.3 is 15.4 Å². The van der Waals surface area contributed by atoms with E-state index in [1.807, 2.05) is 11.8 Å². The molecule has 0 bridgehead atoms. The molecule has 0 aromatic rings. The predicted octanol–water partition coefficient (Wildman–Crippen LogP) is 2.98. The fourth-order valence-electron chi connectivity index (χ4n) is 3.71. The summed E-state index contributed by atoms with van der Waals surface area (Å²) in [5.41, 5.74) is 5.80. The molecule has 4 nitrogen and oxygen atoms in total. The lowest BCUT2D eigenvalue weighted by atomic mass is 9.54. The van der Waals surface area contributed by atoms with Crippen molar-refractivity contribution < 1.29 is 9.53 Å². The number of carbonyl (C=O) groups is 1. The Labute approximate surface area is 141 Å². The lowest BCUT2D eigenvalue weighted by Gasteiger charge is -2.58. The van der Waals surface area contributed by atoms with E-state index in [0.717, 1.165) is 25.9 Å². The van der Waals surface area contributed by atoms with Crippen molar-refractivity contribution in [2.45, 2.75) is 71.9 Å². The third-order valence-corrected chi connectivity index (χ3v) is 5.84. The zero-order valence-electron chi connectivity index (χ0n) is 14.8. The number of likely N-dealkylation sites (tertiary alicyclic amines) is 1. The largest absolute Gasteiger partial charge is 0.378 e. The van der Waals surface area contributed by atoms with Crippen molar-refractivity contribution >= 4 is 18.3 Å². The minimum Gasteiger partial charge on any atom is -0.378 e. The van der Waals surface area contributed by atoms with Crippen LogP contribution >= 0.6 is 12.4 Å². The number of carbonyl (C=O) groups excluding carboxylic acids is 1. The highest BCUT2D eigenvalue weighted by Gasteiger charge is 2.63. The fourth-order valence-corrected chi connectivity index (χ4v) is 3.71. The van der Waals surface area contributed by atoms with Gasteiger partial charge in [0.05, 0.1) is 6.10 Å². The smallest absolute Gasteiger partial charge is 0.243 e. The molecule has 130 valence electrons. The Morgan fingerprint density at radius 3 is 2.41 bits per heavy atom. The van der Waals surface area contributed by atoms with E-state index in [-0.39, 0.29) is 29.8 Å². The lowest BCUT2D eigenvalue weighted by Crippen LogP contribution is -2.76. The van der Waals surface area contributed by atoms with Gasteiger partial charge in [-0.05, 0) is 31.6 Å². The van der Waals surface area contributed by atoms with Gasteiger partial charge in [0, 0.05) is 31.5 Å². The molecule has 2 N–H and O–H groups in total. The number of hydrogen-bond acceptors (Lipinski definition) is 3. The van der Waals surface area contributed by atoms with Crippen LogP contribution in [0.15, 0.2) is 0 Å².